The number of carbonyl (C=O) groups excluding carboxylic acids is 1. The molecule has 2 saturated heterocycles. The third kappa shape index (κ3) is 4.70. The Morgan fingerprint density at radius 3 is 2.24 bits per heavy atom. The summed E-state index contributed by atoms with van der Waals surface area (Å²) < 4.78 is 0. The fourth-order valence-corrected chi connectivity index (χ4v) is 3.45. The molecule has 120 valence electrons. The van der Waals surface area contributed by atoms with Crippen LogP contribution in [0.5, 0.6) is 0 Å². The topological polar surface area (TPSA) is 60.9 Å². The van der Waals surface area contributed by atoms with E-state index in [9.17, 15) is 9.59 Å². The van der Waals surface area contributed by atoms with Crippen LogP contribution in [0.4, 0.5) is 0 Å². The molecule has 0 spiro atoms. The molecule has 0 radical (unpaired) electrons. The third-order valence-corrected chi connectivity index (χ3v) is 4.91. The van der Waals surface area contributed by atoms with Crippen LogP contribution in [0.2, 0.25) is 0 Å². The molecule has 0 aromatic rings. The van der Waals surface area contributed by atoms with E-state index in [-0.39, 0.29) is 17.9 Å². The molecule has 2 heterocycles. The second-order valence-electron chi connectivity index (χ2n) is 6.53. The van der Waals surface area contributed by atoms with Crippen LogP contribution < -0.4 is 0 Å². The first kappa shape index (κ1) is 16.3. The van der Waals surface area contributed by atoms with E-state index in [0.717, 1.165) is 32.5 Å². The van der Waals surface area contributed by atoms with Crippen molar-refractivity contribution in [1.82, 2.24) is 9.80 Å². The Hall–Kier alpha value is -1.10. The number of aliphatic carboxylic acids is 1. The minimum Gasteiger partial charge on any atom is -0.481 e. The molecule has 2 aliphatic heterocycles. The van der Waals surface area contributed by atoms with Gasteiger partial charge in [-0.3, -0.25) is 14.5 Å². The van der Waals surface area contributed by atoms with Crippen molar-refractivity contribution < 1.29 is 14.7 Å². The highest BCUT2D eigenvalue weighted by molar-refractivity contribution is 5.78. The van der Waals surface area contributed by atoms with Gasteiger partial charge in [0.25, 0.3) is 0 Å². The molecule has 21 heavy (non-hydrogen) atoms. The van der Waals surface area contributed by atoms with Crippen LogP contribution in [0.1, 0.15) is 51.9 Å². The van der Waals surface area contributed by atoms with E-state index < -0.39 is 5.97 Å². The van der Waals surface area contributed by atoms with Crippen molar-refractivity contribution in [2.45, 2.75) is 57.9 Å². The van der Waals surface area contributed by atoms with Gasteiger partial charge in [0.2, 0.25) is 5.91 Å². The highest BCUT2D eigenvalue weighted by Gasteiger charge is 2.31. The highest BCUT2D eigenvalue weighted by atomic mass is 16.4. The second kappa shape index (κ2) is 7.78. The number of carbonyl (C=O) groups is 2. The summed E-state index contributed by atoms with van der Waals surface area (Å²) in [4.78, 5) is 27.7. The summed E-state index contributed by atoms with van der Waals surface area (Å²) in [6, 6.07) is 0.179. The zero-order chi connectivity index (χ0) is 15.2. The Morgan fingerprint density at radius 2 is 1.67 bits per heavy atom. The van der Waals surface area contributed by atoms with Crippen molar-refractivity contribution in [3.8, 4) is 0 Å². The number of hydrogen-bond acceptors (Lipinski definition) is 3. The number of piperidine rings is 1. The van der Waals surface area contributed by atoms with Crippen molar-refractivity contribution in [2.75, 3.05) is 26.2 Å². The largest absolute Gasteiger partial charge is 0.481 e. The molecule has 0 aromatic carbocycles. The molecule has 0 bridgehead atoms. The molecular weight excluding hydrogens is 268 g/mol. The smallest absolute Gasteiger partial charge is 0.306 e. The van der Waals surface area contributed by atoms with Gasteiger partial charge < -0.3 is 10.0 Å². The number of hydrogen-bond donors (Lipinski definition) is 1. The van der Waals surface area contributed by atoms with Gasteiger partial charge in [0.05, 0.1) is 12.5 Å². The van der Waals surface area contributed by atoms with Crippen LogP contribution in [-0.2, 0) is 9.59 Å². The summed E-state index contributed by atoms with van der Waals surface area (Å²) >= 11 is 0. The lowest BCUT2D eigenvalue weighted by Crippen LogP contribution is -2.48. The molecular formula is C16H28N2O3. The zero-order valence-electron chi connectivity index (χ0n) is 13.1. The fourth-order valence-electron chi connectivity index (χ4n) is 3.45. The summed E-state index contributed by atoms with van der Waals surface area (Å²) in [6.45, 7) is 4.98. The van der Waals surface area contributed by atoms with Gasteiger partial charge in [-0.05, 0) is 39.2 Å². The van der Waals surface area contributed by atoms with E-state index in [2.05, 4.69) is 4.90 Å². The lowest BCUT2D eigenvalue weighted by molar-refractivity contribution is -0.144. The number of nitrogens with zero attached hydrogens (tertiary/aromatic N) is 2. The predicted octanol–water partition coefficient (Wildman–Crippen LogP) is 1.96. The van der Waals surface area contributed by atoms with Crippen molar-refractivity contribution >= 4 is 11.9 Å². The third-order valence-electron chi connectivity index (χ3n) is 4.91. The number of rotatable bonds is 3. The second-order valence-corrected chi connectivity index (χ2v) is 6.53. The molecule has 2 rings (SSSR count). The SMILES string of the molecule is CC1CC(C(=O)O)CCN1CC(=O)N1CCCCCCC1. The summed E-state index contributed by atoms with van der Waals surface area (Å²) in [7, 11) is 0. The van der Waals surface area contributed by atoms with Gasteiger partial charge in [-0.15, -0.1) is 0 Å². The van der Waals surface area contributed by atoms with Crippen molar-refractivity contribution in [3.05, 3.63) is 0 Å². The molecule has 2 aliphatic rings. The molecule has 1 amide bonds. The van der Waals surface area contributed by atoms with E-state index in [1.807, 2.05) is 11.8 Å². The number of likely N-dealkylation sites (tertiary alicyclic amines) is 2. The maximum absolute atomic E-state index is 12.5. The van der Waals surface area contributed by atoms with E-state index in [1.165, 1.54) is 19.3 Å². The molecule has 5 heteroatoms. The van der Waals surface area contributed by atoms with Gasteiger partial charge in [0.15, 0.2) is 0 Å². The van der Waals surface area contributed by atoms with Gasteiger partial charge in [-0.1, -0.05) is 19.3 Å². The first-order valence-corrected chi connectivity index (χ1v) is 8.32. The monoisotopic (exact) mass is 296 g/mol. The lowest BCUT2D eigenvalue weighted by atomic mass is 9.92. The number of carboxylic acids is 1. The van der Waals surface area contributed by atoms with Gasteiger partial charge in [0.1, 0.15) is 0 Å². The minimum absolute atomic E-state index is 0.179. The molecule has 0 saturated carbocycles. The van der Waals surface area contributed by atoms with Crippen LogP contribution in [0, 0.1) is 5.92 Å². The van der Waals surface area contributed by atoms with Gasteiger partial charge >= 0.3 is 5.97 Å². The first-order chi connectivity index (χ1) is 10.1. The quantitative estimate of drug-likeness (QED) is 0.865. The van der Waals surface area contributed by atoms with Crippen LogP contribution >= 0.6 is 0 Å². The van der Waals surface area contributed by atoms with Crippen LogP contribution in [0.15, 0.2) is 0 Å². The van der Waals surface area contributed by atoms with Crippen molar-refractivity contribution in [2.24, 2.45) is 5.92 Å². The molecule has 1 N–H and O–H groups in total. The first-order valence-electron chi connectivity index (χ1n) is 8.32. The minimum atomic E-state index is -0.698. The molecule has 0 aliphatic carbocycles. The summed E-state index contributed by atoms with van der Waals surface area (Å²) in [5, 5.41) is 9.09. The Bertz CT molecular complexity index is 365. The van der Waals surface area contributed by atoms with Gasteiger partial charge in [-0.25, -0.2) is 0 Å². The molecule has 2 unspecified atom stereocenters. The van der Waals surface area contributed by atoms with Gasteiger partial charge in [-0.2, -0.15) is 0 Å². The van der Waals surface area contributed by atoms with Crippen LogP contribution in [0.3, 0.4) is 0 Å². The summed E-state index contributed by atoms with van der Waals surface area (Å²) in [5.74, 6) is -0.720. The number of carboxylic acid groups (broad SMARTS) is 1. The van der Waals surface area contributed by atoms with E-state index in [1.54, 1.807) is 0 Å². The van der Waals surface area contributed by atoms with E-state index >= 15 is 0 Å². The average molecular weight is 296 g/mol. The fraction of sp³-hybridized carbons (Fsp3) is 0.875. The van der Waals surface area contributed by atoms with E-state index in [0.29, 0.717) is 19.4 Å². The average Bonchev–Trinajstić information content (AvgIpc) is 2.40. The van der Waals surface area contributed by atoms with E-state index in [4.69, 9.17) is 5.11 Å². The maximum Gasteiger partial charge on any atom is 0.306 e. The Labute approximate surface area is 127 Å². The zero-order valence-corrected chi connectivity index (χ0v) is 13.1. The predicted molar refractivity (Wildman–Crippen MR) is 81.1 cm³/mol. The normalized spacial score (nSPS) is 28.7. The summed E-state index contributed by atoms with van der Waals surface area (Å²) in [5.41, 5.74) is 0. The molecule has 2 fully saturated rings. The highest BCUT2D eigenvalue weighted by Crippen LogP contribution is 2.23. The van der Waals surface area contributed by atoms with Crippen LogP contribution in [-0.4, -0.2) is 59.0 Å². The Balaban J connectivity index is 1.83. The van der Waals surface area contributed by atoms with Crippen LogP contribution in [0.25, 0.3) is 0 Å². The lowest BCUT2D eigenvalue weighted by Gasteiger charge is -2.37. The Morgan fingerprint density at radius 1 is 1.05 bits per heavy atom. The summed E-state index contributed by atoms with van der Waals surface area (Å²) in [6.07, 6.45) is 7.29. The molecule has 0 aromatic heterocycles. The van der Waals surface area contributed by atoms with Crippen molar-refractivity contribution in [1.29, 1.82) is 0 Å². The molecule has 5 nitrogen and oxygen atoms in total. The Kier molecular flexibility index (Phi) is 6.03. The maximum atomic E-state index is 12.5. The number of amides is 1. The van der Waals surface area contributed by atoms with Gasteiger partial charge in [0, 0.05) is 19.1 Å². The molecule has 2 atom stereocenters. The standard InChI is InChI=1S/C16H28N2O3/c1-13-11-14(16(20)21)7-10-18(13)12-15(19)17-8-5-3-2-4-6-9-17/h13-14H,2-12H2,1H3,(H,20,21). The van der Waals surface area contributed by atoms with Crippen molar-refractivity contribution in [3.63, 3.8) is 0 Å².